The average Bonchev–Trinajstić information content (AvgIpc) is 3.20. The molecule has 1 atom stereocenters. The molecule has 0 aliphatic heterocycles. The van der Waals surface area contributed by atoms with E-state index in [0.717, 1.165) is 28.5 Å². The van der Waals surface area contributed by atoms with E-state index in [-0.39, 0.29) is 9.79 Å². The van der Waals surface area contributed by atoms with Gasteiger partial charge in [0, 0.05) is 4.88 Å². The maximum Gasteiger partial charge on any atom is 0.241 e. The van der Waals surface area contributed by atoms with Gasteiger partial charge in [0.15, 0.2) is 0 Å². The van der Waals surface area contributed by atoms with Crippen LogP contribution in [0.15, 0.2) is 75.8 Å². The normalized spacial score (nSPS) is 13.4. The average molecular weight is 437 g/mol. The lowest BCUT2D eigenvalue weighted by Crippen LogP contribution is -2.29. The van der Waals surface area contributed by atoms with E-state index in [0.29, 0.717) is 0 Å². The molecule has 2 aromatic carbocycles. The molecule has 3 aromatic rings. The van der Waals surface area contributed by atoms with Crippen molar-refractivity contribution in [1.82, 2.24) is 4.72 Å². The highest BCUT2D eigenvalue weighted by molar-refractivity contribution is 7.90. The molecule has 0 saturated carbocycles. The van der Waals surface area contributed by atoms with Crippen LogP contribution in [0.3, 0.4) is 0 Å². The summed E-state index contributed by atoms with van der Waals surface area (Å²) in [5, 5.41) is 7.00. The monoisotopic (exact) mass is 436 g/mol. The first kappa shape index (κ1) is 20.7. The van der Waals surface area contributed by atoms with Crippen molar-refractivity contribution in [2.24, 2.45) is 5.14 Å². The SMILES string of the molecule is CCc1ccc(C(NS(=O)(=O)c2cccc(S(N)(=O)=O)c2)c2cccs2)cc1. The molecule has 28 heavy (non-hydrogen) atoms. The zero-order valence-electron chi connectivity index (χ0n) is 15.1. The molecule has 1 heterocycles. The van der Waals surface area contributed by atoms with Crippen LogP contribution in [0.2, 0.25) is 0 Å². The molecule has 0 fully saturated rings. The minimum Gasteiger partial charge on any atom is -0.225 e. The molecule has 1 unspecified atom stereocenters. The smallest absolute Gasteiger partial charge is 0.225 e. The van der Waals surface area contributed by atoms with Crippen molar-refractivity contribution in [1.29, 1.82) is 0 Å². The van der Waals surface area contributed by atoms with E-state index in [1.807, 2.05) is 48.7 Å². The molecule has 0 radical (unpaired) electrons. The van der Waals surface area contributed by atoms with Crippen LogP contribution >= 0.6 is 11.3 Å². The van der Waals surface area contributed by atoms with Gasteiger partial charge < -0.3 is 0 Å². The predicted octanol–water partition coefficient (Wildman–Crippen LogP) is 3.03. The Bertz CT molecular complexity index is 1150. The highest BCUT2D eigenvalue weighted by atomic mass is 32.2. The lowest BCUT2D eigenvalue weighted by Gasteiger charge is -2.19. The van der Waals surface area contributed by atoms with E-state index < -0.39 is 26.1 Å². The summed E-state index contributed by atoms with van der Waals surface area (Å²) in [5.41, 5.74) is 1.95. The Morgan fingerprint density at radius 3 is 2.21 bits per heavy atom. The topological polar surface area (TPSA) is 106 Å². The molecule has 3 rings (SSSR count). The van der Waals surface area contributed by atoms with Crippen molar-refractivity contribution in [3.05, 3.63) is 82.0 Å². The Morgan fingerprint density at radius 2 is 1.64 bits per heavy atom. The summed E-state index contributed by atoms with van der Waals surface area (Å²) in [7, 11) is -8.00. The van der Waals surface area contributed by atoms with Crippen molar-refractivity contribution in [3.8, 4) is 0 Å². The van der Waals surface area contributed by atoms with Gasteiger partial charge in [-0.3, -0.25) is 0 Å². The van der Waals surface area contributed by atoms with Crippen LogP contribution in [0.5, 0.6) is 0 Å². The number of sulfonamides is 2. The van der Waals surface area contributed by atoms with Gasteiger partial charge in [-0.2, -0.15) is 4.72 Å². The number of primary sulfonamides is 1. The maximum absolute atomic E-state index is 13.0. The molecule has 1 aromatic heterocycles. The Labute approximate surface area is 169 Å². The van der Waals surface area contributed by atoms with Crippen molar-refractivity contribution in [2.75, 3.05) is 0 Å². The molecular formula is C19H20N2O4S3. The fourth-order valence-electron chi connectivity index (χ4n) is 2.73. The van der Waals surface area contributed by atoms with Gasteiger partial charge in [0.2, 0.25) is 20.0 Å². The van der Waals surface area contributed by atoms with E-state index in [4.69, 9.17) is 5.14 Å². The molecule has 148 valence electrons. The van der Waals surface area contributed by atoms with Crippen LogP contribution in [0.25, 0.3) is 0 Å². The molecule has 6 nitrogen and oxygen atoms in total. The van der Waals surface area contributed by atoms with Gasteiger partial charge >= 0.3 is 0 Å². The third-order valence-electron chi connectivity index (χ3n) is 4.27. The number of hydrogen-bond acceptors (Lipinski definition) is 5. The summed E-state index contributed by atoms with van der Waals surface area (Å²) in [6.45, 7) is 2.05. The second-order valence-electron chi connectivity index (χ2n) is 6.18. The van der Waals surface area contributed by atoms with Crippen LogP contribution in [0.4, 0.5) is 0 Å². The van der Waals surface area contributed by atoms with Crippen LogP contribution < -0.4 is 9.86 Å². The Hall–Kier alpha value is -2.04. The highest BCUT2D eigenvalue weighted by Gasteiger charge is 2.24. The van der Waals surface area contributed by atoms with Gasteiger partial charge in [0.25, 0.3) is 0 Å². The highest BCUT2D eigenvalue weighted by Crippen LogP contribution is 2.28. The van der Waals surface area contributed by atoms with Gasteiger partial charge in [-0.1, -0.05) is 43.3 Å². The largest absolute Gasteiger partial charge is 0.241 e. The van der Waals surface area contributed by atoms with Crippen LogP contribution in [0.1, 0.15) is 29.0 Å². The first-order valence-electron chi connectivity index (χ1n) is 8.48. The van der Waals surface area contributed by atoms with Gasteiger partial charge in [0.1, 0.15) is 0 Å². The van der Waals surface area contributed by atoms with Crippen LogP contribution in [-0.4, -0.2) is 16.8 Å². The standard InChI is InChI=1S/C19H20N2O4S3/c1-2-14-8-10-15(11-9-14)19(18-7-4-12-26-18)21-28(24,25)17-6-3-5-16(13-17)27(20,22)23/h3-13,19,21H,2H2,1H3,(H2,20,22,23). The molecule has 0 saturated heterocycles. The fraction of sp³-hybridized carbons (Fsp3) is 0.158. The minimum atomic E-state index is -4.01. The zero-order valence-corrected chi connectivity index (χ0v) is 17.5. The molecule has 0 aliphatic carbocycles. The van der Waals surface area contributed by atoms with Crippen LogP contribution in [-0.2, 0) is 26.5 Å². The van der Waals surface area contributed by atoms with Crippen molar-refractivity contribution in [2.45, 2.75) is 29.2 Å². The Balaban J connectivity index is 2.00. The number of benzene rings is 2. The fourth-order valence-corrected chi connectivity index (χ4v) is 5.49. The quantitative estimate of drug-likeness (QED) is 0.594. The molecule has 0 spiro atoms. The summed E-state index contributed by atoms with van der Waals surface area (Å²) in [6, 6.07) is 15.8. The van der Waals surface area contributed by atoms with Crippen molar-refractivity contribution in [3.63, 3.8) is 0 Å². The van der Waals surface area contributed by atoms with Gasteiger partial charge in [0.05, 0.1) is 15.8 Å². The molecular weight excluding hydrogens is 416 g/mol. The number of thiophene rings is 1. The second-order valence-corrected chi connectivity index (χ2v) is 10.4. The molecule has 3 N–H and O–H groups in total. The summed E-state index contributed by atoms with van der Waals surface area (Å²) in [4.78, 5) is 0.413. The summed E-state index contributed by atoms with van der Waals surface area (Å²) < 4.78 is 51.8. The Morgan fingerprint density at radius 1 is 0.964 bits per heavy atom. The number of rotatable bonds is 7. The third kappa shape index (κ3) is 4.68. The van der Waals surface area contributed by atoms with E-state index in [1.54, 1.807) is 0 Å². The molecule has 0 bridgehead atoms. The second kappa shape index (κ2) is 8.14. The van der Waals surface area contributed by atoms with Crippen molar-refractivity contribution >= 4 is 31.4 Å². The number of nitrogens with one attached hydrogen (secondary N) is 1. The number of nitrogens with two attached hydrogens (primary N) is 1. The Kier molecular flexibility index (Phi) is 6.01. The minimum absolute atomic E-state index is 0.161. The van der Waals surface area contributed by atoms with Gasteiger partial charge in [-0.05, 0) is 47.2 Å². The zero-order chi connectivity index (χ0) is 20.4. The van der Waals surface area contributed by atoms with Gasteiger partial charge in [-0.25, -0.2) is 22.0 Å². The third-order valence-corrected chi connectivity index (χ3v) is 7.54. The van der Waals surface area contributed by atoms with E-state index in [2.05, 4.69) is 4.72 Å². The molecule has 9 heteroatoms. The summed E-state index contributed by atoms with van der Waals surface area (Å²) in [6.07, 6.45) is 0.885. The summed E-state index contributed by atoms with van der Waals surface area (Å²) in [5.74, 6) is 0. The van der Waals surface area contributed by atoms with E-state index >= 15 is 0 Å². The molecule has 0 amide bonds. The maximum atomic E-state index is 13.0. The predicted molar refractivity (Wildman–Crippen MR) is 110 cm³/mol. The number of hydrogen-bond donors (Lipinski definition) is 2. The van der Waals surface area contributed by atoms with E-state index in [1.165, 1.54) is 29.5 Å². The first-order valence-corrected chi connectivity index (χ1v) is 12.4. The van der Waals surface area contributed by atoms with E-state index in [9.17, 15) is 16.8 Å². The van der Waals surface area contributed by atoms with Crippen LogP contribution in [0, 0.1) is 0 Å². The molecule has 0 aliphatic rings. The lowest BCUT2D eigenvalue weighted by atomic mass is 10.0. The van der Waals surface area contributed by atoms with Gasteiger partial charge in [-0.15, -0.1) is 11.3 Å². The van der Waals surface area contributed by atoms with Crippen molar-refractivity contribution < 1.29 is 16.8 Å². The number of aryl methyl sites for hydroxylation is 1. The first-order chi connectivity index (χ1) is 13.2. The lowest BCUT2D eigenvalue weighted by molar-refractivity contribution is 0.573. The summed E-state index contributed by atoms with van der Waals surface area (Å²) >= 11 is 1.44.